The third-order valence-electron chi connectivity index (χ3n) is 3.58. The molecule has 4 nitrogen and oxygen atoms in total. The number of benzene rings is 1. The van der Waals surface area contributed by atoms with Crippen molar-refractivity contribution in [1.82, 2.24) is 0 Å². The molecule has 2 atom stereocenters. The zero-order chi connectivity index (χ0) is 14.7. The highest BCUT2D eigenvalue weighted by molar-refractivity contribution is 5.95. The minimum atomic E-state index is -0.907. The second-order valence-electron chi connectivity index (χ2n) is 5.36. The summed E-state index contributed by atoms with van der Waals surface area (Å²) in [7, 11) is 0. The van der Waals surface area contributed by atoms with Gasteiger partial charge in [0.25, 0.3) is 0 Å². The Bertz CT molecular complexity index is 543. The molecule has 20 heavy (non-hydrogen) atoms. The third kappa shape index (κ3) is 3.26. The monoisotopic (exact) mass is 273 g/mol. The number of amides is 1. The number of hydrogen-bond donors (Lipinski definition) is 2. The Balaban J connectivity index is 2.14. The van der Waals surface area contributed by atoms with Crippen molar-refractivity contribution in [2.45, 2.75) is 26.7 Å². The Kier molecular flexibility index (Phi) is 4.23. The number of rotatable bonds is 3. The van der Waals surface area contributed by atoms with Gasteiger partial charge in [-0.2, -0.15) is 0 Å². The van der Waals surface area contributed by atoms with Crippen LogP contribution in [0.1, 0.15) is 24.0 Å². The van der Waals surface area contributed by atoms with Crippen LogP contribution in [0, 0.1) is 25.7 Å². The smallest absolute Gasteiger partial charge is 0.307 e. The van der Waals surface area contributed by atoms with Crippen molar-refractivity contribution in [2.75, 3.05) is 5.32 Å². The molecule has 1 aliphatic rings. The highest BCUT2D eigenvalue weighted by Gasteiger charge is 2.33. The molecule has 0 saturated heterocycles. The lowest BCUT2D eigenvalue weighted by Crippen LogP contribution is -2.34. The third-order valence-corrected chi connectivity index (χ3v) is 3.58. The number of carbonyl (C=O) groups excluding carboxylic acids is 1. The molecule has 1 aromatic carbocycles. The van der Waals surface area contributed by atoms with Gasteiger partial charge in [0.05, 0.1) is 11.8 Å². The van der Waals surface area contributed by atoms with E-state index >= 15 is 0 Å². The van der Waals surface area contributed by atoms with Gasteiger partial charge in [0.2, 0.25) is 5.91 Å². The standard InChI is InChI=1S/C16H19NO3/c1-10-7-11(2)9-12(8-10)17-15(18)13-5-3-4-6-14(13)16(19)20/h3-4,7-9,13-14H,5-6H2,1-2H3,(H,17,18)(H,19,20)/t13-,14-/m1/s1. The van der Waals surface area contributed by atoms with Gasteiger partial charge in [-0.25, -0.2) is 0 Å². The summed E-state index contributed by atoms with van der Waals surface area (Å²) >= 11 is 0. The molecule has 4 heteroatoms. The zero-order valence-electron chi connectivity index (χ0n) is 11.7. The summed E-state index contributed by atoms with van der Waals surface area (Å²) < 4.78 is 0. The van der Waals surface area contributed by atoms with Crippen LogP contribution in [0.25, 0.3) is 0 Å². The molecule has 0 aliphatic heterocycles. The number of hydrogen-bond acceptors (Lipinski definition) is 2. The van der Waals surface area contributed by atoms with E-state index in [2.05, 4.69) is 5.32 Å². The van der Waals surface area contributed by atoms with Crippen molar-refractivity contribution >= 4 is 17.6 Å². The van der Waals surface area contributed by atoms with Gasteiger partial charge in [-0.15, -0.1) is 0 Å². The summed E-state index contributed by atoms with van der Waals surface area (Å²) in [5.74, 6) is -2.26. The summed E-state index contributed by atoms with van der Waals surface area (Å²) in [6.45, 7) is 3.93. The van der Waals surface area contributed by atoms with Gasteiger partial charge >= 0.3 is 5.97 Å². The number of carbonyl (C=O) groups is 2. The first kappa shape index (κ1) is 14.3. The van der Waals surface area contributed by atoms with E-state index in [9.17, 15) is 14.7 Å². The lowest BCUT2D eigenvalue weighted by molar-refractivity contribution is -0.146. The Morgan fingerprint density at radius 2 is 1.60 bits per heavy atom. The van der Waals surface area contributed by atoms with Crippen molar-refractivity contribution in [2.24, 2.45) is 11.8 Å². The molecule has 0 fully saturated rings. The van der Waals surface area contributed by atoms with Gasteiger partial charge in [0.1, 0.15) is 0 Å². The molecule has 1 aromatic rings. The predicted octanol–water partition coefficient (Wildman–Crippen LogP) is 2.91. The maximum absolute atomic E-state index is 12.3. The topological polar surface area (TPSA) is 66.4 Å². The molecular formula is C16H19NO3. The Hall–Kier alpha value is -2.10. The van der Waals surface area contributed by atoms with Crippen LogP contribution >= 0.6 is 0 Å². The maximum Gasteiger partial charge on any atom is 0.307 e. The van der Waals surface area contributed by atoms with Crippen LogP contribution in [0.5, 0.6) is 0 Å². The van der Waals surface area contributed by atoms with Gasteiger partial charge in [-0.05, 0) is 49.9 Å². The largest absolute Gasteiger partial charge is 0.481 e. The van der Waals surface area contributed by atoms with E-state index in [0.29, 0.717) is 12.8 Å². The average molecular weight is 273 g/mol. The van der Waals surface area contributed by atoms with E-state index in [-0.39, 0.29) is 5.91 Å². The number of carboxylic acids is 1. The Labute approximate surface area is 118 Å². The molecule has 2 rings (SSSR count). The van der Waals surface area contributed by atoms with Crippen molar-refractivity contribution < 1.29 is 14.7 Å². The van der Waals surface area contributed by atoms with Crippen LogP contribution in [-0.4, -0.2) is 17.0 Å². The first-order valence-electron chi connectivity index (χ1n) is 6.74. The number of nitrogens with one attached hydrogen (secondary N) is 1. The van der Waals surface area contributed by atoms with E-state index in [1.165, 1.54) is 0 Å². The van der Waals surface area contributed by atoms with E-state index < -0.39 is 17.8 Å². The number of carboxylic acid groups (broad SMARTS) is 1. The van der Waals surface area contributed by atoms with Crippen LogP contribution in [0.3, 0.4) is 0 Å². The molecule has 1 amide bonds. The van der Waals surface area contributed by atoms with Gasteiger partial charge < -0.3 is 10.4 Å². The average Bonchev–Trinajstić information content (AvgIpc) is 2.37. The molecule has 0 bridgehead atoms. The second kappa shape index (κ2) is 5.90. The predicted molar refractivity (Wildman–Crippen MR) is 77.5 cm³/mol. The Morgan fingerprint density at radius 3 is 2.15 bits per heavy atom. The first-order valence-corrected chi connectivity index (χ1v) is 6.74. The van der Waals surface area contributed by atoms with Gasteiger partial charge in [-0.1, -0.05) is 18.2 Å². The van der Waals surface area contributed by atoms with Gasteiger partial charge in [-0.3, -0.25) is 9.59 Å². The summed E-state index contributed by atoms with van der Waals surface area (Å²) in [6, 6.07) is 5.80. The molecule has 0 radical (unpaired) electrons. The van der Waals surface area contributed by atoms with Crippen LogP contribution in [0.4, 0.5) is 5.69 Å². The van der Waals surface area contributed by atoms with Crippen molar-refractivity contribution in [3.05, 3.63) is 41.5 Å². The second-order valence-corrected chi connectivity index (χ2v) is 5.36. The molecule has 2 N–H and O–H groups in total. The molecule has 1 aliphatic carbocycles. The summed E-state index contributed by atoms with van der Waals surface area (Å²) in [4.78, 5) is 23.5. The molecule has 106 valence electrons. The van der Waals surface area contributed by atoms with Crippen molar-refractivity contribution in [1.29, 1.82) is 0 Å². The summed E-state index contributed by atoms with van der Waals surface area (Å²) in [6.07, 6.45) is 4.61. The minimum Gasteiger partial charge on any atom is -0.481 e. The van der Waals surface area contributed by atoms with Crippen LogP contribution in [0.2, 0.25) is 0 Å². The number of aliphatic carboxylic acids is 1. The highest BCUT2D eigenvalue weighted by atomic mass is 16.4. The molecule has 0 unspecified atom stereocenters. The minimum absolute atomic E-state index is 0.216. The lowest BCUT2D eigenvalue weighted by atomic mass is 9.82. The van der Waals surface area contributed by atoms with Crippen molar-refractivity contribution in [3.8, 4) is 0 Å². The van der Waals surface area contributed by atoms with E-state index in [4.69, 9.17) is 0 Å². The molecule has 0 heterocycles. The molecule has 0 aromatic heterocycles. The zero-order valence-corrected chi connectivity index (χ0v) is 11.7. The van der Waals surface area contributed by atoms with E-state index in [0.717, 1.165) is 16.8 Å². The number of anilines is 1. The summed E-state index contributed by atoms with van der Waals surface area (Å²) in [5, 5.41) is 12.0. The molecular weight excluding hydrogens is 254 g/mol. The molecule has 0 spiro atoms. The maximum atomic E-state index is 12.3. The van der Waals surface area contributed by atoms with Crippen LogP contribution in [0.15, 0.2) is 30.4 Å². The number of allylic oxidation sites excluding steroid dienone is 2. The Morgan fingerprint density at radius 1 is 1.05 bits per heavy atom. The fraction of sp³-hybridized carbons (Fsp3) is 0.375. The highest BCUT2D eigenvalue weighted by Crippen LogP contribution is 2.27. The fourth-order valence-electron chi connectivity index (χ4n) is 2.66. The quantitative estimate of drug-likeness (QED) is 0.832. The lowest BCUT2D eigenvalue weighted by Gasteiger charge is -2.24. The van der Waals surface area contributed by atoms with Crippen molar-refractivity contribution in [3.63, 3.8) is 0 Å². The van der Waals surface area contributed by atoms with Gasteiger partial charge in [0.15, 0.2) is 0 Å². The first-order chi connectivity index (χ1) is 9.47. The molecule has 0 saturated carbocycles. The van der Waals surface area contributed by atoms with Crippen LogP contribution < -0.4 is 5.32 Å². The van der Waals surface area contributed by atoms with Gasteiger partial charge in [0, 0.05) is 5.69 Å². The van der Waals surface area contributed by atoms with E-state index in [1.807, 2.05) is 44.2 Å². The normalized spacial score (nSPS) is 21.5. The van der Waals surface area contributed by atoms with Crippen LogP contribution in [-0.2, 0) is 9.59 Å². The summed E-state index contributed by atoms with van der Waals surface area (Å²) in [5.41, 5.74) is 2.86. The SMILES string of the molecule is Cc1cc(C)cc(NC(=O)[C@@H]2CC=CC[C@H]2C(=O)O)c1. The van der Waals surface area contributed by atoms with E-state index in [1.54, 1.807) is 0 Å². The fourth-order valence-corrected chi connectivity index (χ4v) is 2.66. The number of aryl methyl sites for hydroxylation is 2.